The summed E-state index contributed by atoms with van der Waals surface area (Å²) in [6.45, 7) is 12.9. The van der Waals surface area contributed by atoms with E-state index in [4.69, 9.17) is 15.1 Å². The summed E-state index contributed by atoms with van der Waals surface area (Å²) in [5.41, 5.74) is 2.45. The van der Waals surface area contributed by atoms with Crippen LogP contribution in [0, 0.1) is 13.8 Å². The lowest BCUT2D eigenvalue weighted by Gasteiger charge is -2.28. The van der Waals surface area contributed by atoms with E-state index >= 15 is 0 Å². The highest BCUT2D eigenvalue weighted by atomic mass is 16.2. The zero-order valence-corrected chi connectivity index (χ0v) is 19.0. The molecule has 3 heterocycles. The summed E-state index contributed by atoms with van der Waals surface area (Å²) in [7, 11) is 0. The van der Waals surface area contributed by atoms with E-state index in [0.29, 0.717) is 12.4 Å². The second-order valence-electron chi connectivity index (χ2n) is 9.13. The Morgan fingerprint density at radius 2 is 1.74 bits per heavy atom. The lowest BCUT2D eigenvalue weighted by atomic mass is 10.1. The molecule has 0 saturated carbocycles. The Morgan fingerprint density at radius 3 is 2.45 bits per heavy atom. The summed E-state index contributed by atoms with van der Waals surface area (Å²) < 4.78 is 1.89. The first-order chi connectivity index (χ1) is 14.7. The highest BCUT2D eigenvalue weighted by Gasteiger charge is 2.25. The minimum atomic E-state index is -0.248. The molecule has 0 radical (unpaired) electrons. The van der Waals surface area contributed by atoms with Gasteiger partial charge in [0.25, 0.3) is 0 Å². The number of carbonyl (C=O) groups is 1. The molecule has 1 aromatic carbocycles. The van der Waals surface area contributed by atoms with Crippen molar-refractivity contribution < 1.29 is 4.79 Å². The average Bonchev–Trinajstić information content (AvgIpc) is 2.89. The Bertz CT molecular complexity index is 1080. The number of anilines is 1. The molecule has 0 atom stereocenters. The van der Waals surface area contributed by atoms with Gasteiger partial charge in [-0.15, -0.1) is 0 Å². The number of carbonyl (C=O) groups excluding carboxylic acids is 1. The second-order valence-corrected chi connectivity index (χ2v) is 9.13. The minimum absolute atomic E-state index is 0.00792. The van der Waals surface area contributed by atoms with Crippen LogP contribution in [0.15, 0.2) is 30.3 Å². The lowest BCUT2D eigenvalue weighted by molar-refractivity contribution is 0.192. The smallest absolute Gasteiger partial charge is 0.317 e. The molecule has 0 bridgehead atoms. The predicted molar refractivity (Wildman–Crippen MR) is 123 cm³/mol. The van der Waals surface area contributed by atoms with Gasteiger partial charge in [0, 0.05) is 31.7 Å². The van der Waals surface area contributed by atoms with E-state index in [0.717, 1.165) is 54.3 Å². The number of nitrogens with zero attached hydrogens (tertiary/aromatic N) is 6. The Morgan fingerprint density at radius 1 is 1.00 bits per heavy atom. The van der Waals surface area contributed by atoms with Crippen LogP contribution < -0.4 is 10.2 Å². The number of amides is 2. The van der Waals surface area contributed by atoms with Crippen LogP contribution in [0.4, 0.5) is 10.6 Å². The van der Waals surface area contributed by atoms with E-state index in [-0.39, 0.29) is 11.6 Å². The molecule has 164 valence electrons. The fourth-order valence-electron chi connectivity index (χ4n) is 3.98. The molecule has 8 nitrogen and oxygen atoms in total. The molecule has 4 rings (SSSR count). The Labute approximate surface area is 183 Å². The van der Waals surface area contributed by atoms with Crippen molar-refractivity contribution in [1.29, 1.82) is 0 Å². The molecule has 0 spiro atoms. The van der Waals surface area contributed by atoms with Crippen LogP contribution in [0.2, 0.25) is 0 Å². The normalized spacial score (nSPS) is 15.3. The molecule has 1 saturated heterocycles. The standard InChI is InChI=1S/C23H31N7O/c1-16-19-20(28-12-9-13-29(15-14-28)22(31)26-23(3,4)5)24-17(2)25-21(19)30(27-16)18-10-7-6-8-11-18/h6-8,10-11H,9,12-15H2,1-5H3,(H,26,31). The van der Waals surface area contributed by atoms with Crippen molar-refractivity contribution in [3.05, 3.63) is 41.9 Å². The molecular weight excluding hydrogens is 390 g/mol. The third-order valence-electron chi connectivity index (χ3n) is 5.36. The fourth-order valence-corrected chi connectivity index (χ4v) is 3.98. The molecule has 0 unspecified atom stereocenters. The number of aromatic nitrogens is 4. The quantitative estimate of drug-likeness (QED) is 0.686. The van der Waals surface area contributed by atoms with Crippen molar-refractivity contribution in [2.45, 2.75) is 46.6 Å². The van der Waals surface area contributed by atoms with Crippen LogP contribution in [0.3, 0.4) is 0 Å². The van der Waals surface area contributed by atoms with E-state index in [9.17, 15) is 4.79 Å². The number of urea groups is 1. The van der Waals surface area contributed by atoms with Gasteiger partial charge in [-0.25, -0.2) is 19.4 Å². The molecular formula is C23H31N7O. The van der Waals surface area contributed by atoms with Crippen molar-refractivity contribution in [1.82, 2.24) is 30.0 Å². The van der Waals surface area contributed by atoms with Crippen LogP contribution in [0.1, 0.15) is 38.7 Å². The highest BCUT2D eigenvalue weighted by molar-refractivity contribution is 5.91. The number of hydrogen-bond donors (Lipinski definition) is 1. The Balaban J connectivity index is 1.66. The first-order valence-electron chi connectivity index (χ1n) is 10.8. The van der Waals surface area contributed by atoms with Gasteiger partial charge in [0.1, 0.15) is 11.6 Å². The summed E-state index contributed by atoms with van der Waals surface area (Å²) in [5.74, 6) is 1.62. The minimum Gasteiger partial charge on any atom is -0.354 e. The highest BCUT2D eigenvalue weighted by Crippen LogP contribution is 2.29. The van der Waals surface area contributed by atoms with Crippen molar-refractivity contribution >= 4 is 22.9 Å². The molecule has 1 aliphatic heterocycles. The number of para-hydroxylation sites is 1. The molecule has 0 aliphatic carbocycles. The third-order valence-corrected chi connectivity index (χ3v) is 5.36. The van der Waals surface area contributed by atoms with E-state index in [1.165, 1.54) is 0 Å². The Kier molecular flexibility index (Phi) is 5.56. The number of aryl methyl sites for hydroxylation is 2. The fraction of sp³-hybridized carbons (Fsp3) is 0.478. The van der Waals surface area contributed by atoms with Crippen LogP contribution in [0.25, 0.3) is 16.7 Å². The van der Waals surface area contributed by atoms with Crippen molar-refractivity contribution in [2.24, 2.45) is 0 Å². The summed E-state index contributed by atoms with van der Waals surface area (Å²) in [6, 6.07) is 10.0. The van der Waals surface area contributed by atoms with Gasteiger partial charge in [0.2, 0.25) is 0 Å². The zero-order chi connectivity index (χ0) is 22.2. The molecule has 2 amide bonds. The number of fused-ring (bicyclic) bond motifs is 1. The van der Waals surface area contributed by atoms with Gasteiger partial charge in [-0.1, -0.05) is 18.2 Å². The van der Waals surface area contributed by atoms with Crippen LogP contribution >= 0.6 is 0 Å². The molecule has 1 N–H and O–H groups in total. The Hall–Kier alpha value is -3.16. The van der Waals surface area contributed by atoms with Gasteiger partial charge >= 0.3 is 6.03 Å². The average molecular weight is 422 g/mol. The van der Waals surface area contributed by atoms with Crippen molar-refractivity contribution in [3.8, 4) is 5.69 Å². The number of nitrogens with one attached hydrogen (secondary N) is 1. The number of hydrogen-bond acceptors (Lipinski definition) is 5. The first kappa shape index (κ1) is 21.1. The monoisotopic (exact) mass is 421 g/mol. The summed E-state index contributed by atoms with van der Waals surface area (Å²) in [6.07, 6.45) is 0.883. The molecule has 1 fully saturated rings. The van der Waals surface area contributed by atoms with E-state index in [2.05, 4.69) is 10.2 Å². The molecule has 8 heteroatoms. The van der Waals surface area contributed by atoms with Gasteiger partial charge in [-0.05, 0) is 53.2 Å². The van der Waals surface area contributed by atoms with Crippen molar-refractivity contribution in [3.63, 3.8) is 0 Å². The first-order valence-corrected chi connectivity index (χ1v) is 10.8. The molecule has 2 aromatic heterocycles. The van der Waals surface area contributed by atoms with Gasteiger partial charge < -0.3 is 15.1 Å². The van der Waals surface area contributed by atoms with E-state index < -0.39 is 0 Å². The second kappa shape index (κ2) is 8.17. The molecule has 3 aromatic rings. The largest absolute Gasteiger partial charge is 0.354 e. The van der Waals surface area contributed by atoms with Crippen molar-refractivity contribution in [2.75, 3.05) is 31.1 Å². The van der Waals surface area contributed by atoms with Crippen LogP contribution in [0.5, 0.6) is 0 Å². The maximum atomic E-state index is 12.6. The molecule has 1 aliphatic rings. The van der Waals surface area contributed by atoms with Gasteiger partial charge in [-0.2, -0.15) is 5.10 Å². The van der Waals surface area contributed by atoms with E-state index in [1.54, 1.807) is 0 Å². The number of rotatable bonds is 2. The predicted octanol–water partition coefficient (Wildman–Crippen LogP) is 3.45. The van der Waals surface area contributed by atoms with Crippen LogP contribution in [-0.2, 0) is 0 Å². The summed E-state index contributed by atoms with van der Waals surface area (Å²) in [4.78, 5) is 26.3. The molecule has 31 heavy (non-hydrogen) atoms. The van der Waals surface area contributed by atoms with Gasteiger partial charge in [-0.3, -0.25) is 0 Å². The van der Waals surface area contributed by atoms with Gasteiger partial charge in [0.05, 0.1) is 16.8 Å². The summed E-state index contributed by atoms with van der Waals surface area (Å²) in [5, 5.41) is 8.82. The maximum Gasteiger partial charge on any atom is 0.317 e. The lowest BCUT2D eigenvalue weighted by Crippen LogP contribution is -2.49. The maximum absolute atomic E-state index is 12.6. The number of benzene rings is 1. The van der Waals surface area contributed by atoms with Gasteiger partial charge in [0.15, 0.2) is 5.65 Å². The topological polar surface area (TPSA) is 79.2 Å². The van der Waals surface area contributed by atoms with Crippen LogP contribution in [-0.4, -0.2) is 62.4 Å². The SMILES string of the molecule is Cc1nc(N2CCCN(C(=O)NC(C)(C)C)CC2)c2c(C)nn(-c3ccccc3)c2n1. The third kappa shape index (κ3) is 4.47. The summed E-state index contributed by atoms with van der Waals surface area (Å²) >= 11 is 0. The zero-order valence-electron chi connectivity index (χ0n) is 19.0. The van der Waals surface area contributed by atoms with E-state index in [1.807, 2.05) is 74.5 Å².